The maximum absolute atomic E-state index is 14.1. The van der Waals surface area contributed by atoms with E-state index in [9.17, 15) is 29.4 Å². The number of piperazine rings is 1. The Balaban J connectivity index is 0.678. The molecule has 3 aliphatic rings. The van der Waals surface area contributed by atoms with E-state index in [1.807, 2.05) is 75.4 Å². The number of piperidine rings is 1. The van der Waals surface area contributed by atoms with Crippen molar-refractivity contribution in [1.29, 1.82) is 0 Å². The molecule has 2 aromatic heterocycles. The summed E-state index contributed by atoms with van der Waals surface area (Å²) in [6, 6.07) is 23.6. The van der Waals surface area contributed by atoms with Crippen LogP contribution in [0.5, 0.6) is 11.5 Å². The molecule has 4 amide bonds. The Labute approximate surface area is 470 Å². The van der Waals surface area contributed by atoms with Gasteiger partial charge in [-0.3, -0.25) is 24.1 Å². The molecule has 0 aliphatic carbocycles. The van der Waals surface area contributed by atoms with E-state index in [1.54, 1.807) is 35.6 Å². The van der Waals surface area contributed by atoms with Crippen LogP contribution in [0.25, 0.3) is 21.7 Å². The largest absolute Gasteiger partial charge is 0.507 e. The van der Waals surface area contributed by atoms with Crippen molar-refractivity contribution in [3.63, 3.8) is 0 Å². The summed E-state index contributed by atoms with van der Waals surface area (Å²) in [5, 5.41) is 35.2. The van der Waals surface area contributed by atoms with Gasteiger partial charge >= 0.3 is 0 Å². The number of benzene rings is 3. The molecule has 6 N–H and O–H groups in total. The van der Waals surface area contributed by atoms with Crippen molar-refractivity contribution in [1.82, 2.24) is 40.5 Å². The third-order valence-corrected chi connectivity index (χ3v) is 16.8. The first-order valence-corrected chi connectivity index (χ1v) is 29.4. The maximum atomic E-state index is 14.1. The van der Waals surface area contributed by atoms with Crippen molar-refractivity contribution in [2.75, 3.05) is 63.1 Å². The number of carbonyl (C=O) groups excluding carboxylic acids is 4. The quantitative estimate of drug-likeness (QED) is 0.0387. The molecule has 3 fully saturated rings. The monoisotopic (exact) mass is 1100 g/mol. The second-order valence-electron chi connectivity index (χ2n) is 22.9. The molecular formula is C61H82N10O7S. The maximum Gasteiger partial charge on any atom is 0.246 e. The van der Waals surface area contributed by atoms with Crippen LogP contribution in [0, 0.1) is 18.3 Å². The number of carbonyl (C=O) groups is 4. The highest BCUT2D eigenvalue weighted by Crippen LogP contribution is 2.33. The molecule has 18 heteroatoms. The Hall–Kier alpha value is -6.63. The number of anilines is 2. The van der Waals surface area contributed by atoms with E-state index in [0.717, 1.165) is 106 Å². The normalized spacial score (nSPS) is 18.8. The van der Waals surface area contributed by atoms with Crippen LogP contribution in [-0.4, -0.2) is 134 Å². The van der Waals surface area contributed by atoms with Crippen molar-refractivity contribution in [2.45, 2.75) is 142 Å². The average molecular weight is 1100 g/mol. The average Bonchev–Trinajstić information content (AvgIpc) is 4.15. The zero-order chi connectivity index (χ0) is 56.1. The summed E-state index contributed by atoms with van der Waals surface area (Å²) in [7, 11) is 0. The molecule has 0 spiro atoms. The summed E-state index contributed by atoms with van der Waals surface area (Å²) in [5.74, 6) is 0.647. The Bertz CT molecular complexity index is 2810. The van der Waals surface area contributed by atoms with Crippen LogP contribution >= 0.6 is 11.3 Å². The number of aryl methyl sites for hydroxylation is 1. The first-order valence-electron chi connectivity index (χ1n) is 28.5. The van der Waals surface area contributed by atoms with Gasteiger partial charge in [0.25, 0.3) is 0 Å². The number of hydrogen-bond donors (Lipinski definition) is 5. The summed E-state index contributed by atoms with van der Waals surface area (Å²) in [4.78, 5) is 68.1. The number of amides is 4. The first-order chi connectivity index (χ1) is 38.0. The molecule has 424 valence electrons. The van der Waals surface area contributed by atoms with E-state index < -0.39 is 23.6 Å². The number of aromatic hydroxyl groups is 1. The Morgan fingerprint density at radius 1 is 0.861 bits per heavy atom. The lowest BCUT2D eigenvalue weighted by molar-refractivity contribution is -0.144. The number of β-amino-alcohol motifs (C(OH)–C–C–N with tert-alkyl or cyclic N) is 1. The number of unbranched alkanes of at least 4 members (excludes halogenated alkanes) is 5. The molecule has 3 aromatic carbocycles. The summed E-state index contributed by atoms with van der Waals surface area (Å²) in [6.07, 6.45) is 8.59. The zero-order valence-electron chi connectivity index (χ0n) is 46.9. The van der Waals surface area contributed by atoms with Crippen molar-refractivity contribution in [3.8, 4) is 33.2 Å². The van der Waals surface area contributed by atoms with Gasteiger partial charge in [0.05, 0.1) is 34.8 Å². The Kier molecular flexibility index (Phi) is 20.4. The fraction of sp³-hybridized carbons (Fsp3) is 0.525. The van der Waals surface area contributed by atoms with E-state index in [1.165, 1.54) is 16.2 Å². The standard InChI is InChI=1S/C61H82N10O7S/c1-41(45-22-24-46(25-23-45)56-42(2)63-40-79-56)64-59(76)51-35-48(72)39-71(51)60(77)57(61(3,4)5)65-54(74)18-10-8-6-7-9-11-19-55(75)70-32-30-69(31-33-70)47-26-20-44(21-27-47)38-68-29-14-15-43(37-68)28-34-78-53-36-50(66-67-58(53)62)49-16-12-13-17-52(49)73/h12-13,16-17,20-27,36,40-41,43,48,51,57,72-73H,6-11,14-15,18-19,28-35,37-39H2,1-5H3,(H2,62,67)(H,64,76)(H,65,74)/t41-,43?,48+,51-,57+/m0/s1. The number of aromatic nitrogens is 3. The molecule has 5 atom stereocenters. The minimum absolute atomic E-state index is 0.0215. The lowest BCUT2D eigenvalue weighted by Gasteiger charge is -2.36. The number of aliphatic hydroxyl groups is 1. The number of likely N-dealkylation sites (tertiary alicyclic amines) is 2. The molecule has 0 radical (unpaired) electrons. The molecular weight excluding hydrogens is 1020 g/mol. The van der Waals surface area contributed by atoms with Crippen molar-refractivity contribution < 1.29 is 34.1 Å². The molecule has 1 unspecified atom stereocenters. The van der Waals surface area contributed by atoms with Gasteiger partial charge in [0.1, 0.15) is 23.5 Å². The fourth-order valence-corrected chi connectivity index (χ4v) is 12.0. The summed E-state index contributed by atoms with van der Waals surface area (Å²) in [5.41, 5.74) is 13.8. The second kappa shape index (κ2) is 27.5. The molecule has 17 nitrogen and oxygen atoms in total. The summed E-state index contributed by atoms with van der Waals surface area (Å²) in [6.45, 7) is 16.1. The van der Waals surface area contributed by atoms with Crippen LogP contribution in [0.3, 0.4) is 0 Å². The van der Waals surface area contributed by atoms with Gasteiger partial charge in [0.2, 0.25) is 23.6 Å². The Morgan fingerprint density at radius 2 is 1.57 bits per heavy atom. The number of phenols is 1. The highest BCUT2D eigenvalue weighted by Gasteiger charge is 2.44. The predicted molar refractivity (Wildman–Crippen MR) is 310 cm³/mol. The van der Waals surface area contributed by atoms with Crippen LogP contribution in [0.2, 0.25) is 0 Å². The third kappa shape index (κ3) is 16.0. The van der Waals surface area contributed by atoms with Gasteiger partial charge in [0.15, 0.2) is 11.6 Å². The van der Waals surface area contributed by atoms with E-state index in [-0.39, 0.29) is 60.6 Å². The lowest BCUT2D eigenvalue weighted by atomic mass is 9.85. The van der Waals surface area contributed by atoms with E-state index in [0.29, 0.717) is 55.5 Å². The van der Waals surface area contributed by atoms with Gasteiger partial charge in [-0.2, -0.15) is 0 Å². The van der Waals surface area contributed by atoms with Gasteiger partial charge in [-0.1, -0.05) is 95.0 Å². The number of aliphatic hydroxyl groups excluding tert-OH is 1. The number of nitrogens with one attached hydrogen (secondary N) is 2. The Morgan fingerprint density at radius 3 is 2.27 bits per heavy atom. The van der Waals surface area contributed by atoms with Gasteiger partial charge in [-0.05, 0) is 105 Å². The number of phenolic OH excluding ortho intramolecular Hbond substituents is 1. The number of rotatable bonds is 23. The van der Waals surface area contributed by atoms with Crippen molar-refractivity contribution in [2.24, 2.45) is 11.3 Å². The lowest BCUT2D eigenvalue weighted by Crippen LogP contribution is -2.57. The molecule has 0 saturated carbocycles. The van der Waals surface area contributed by atoms with Crippen LogP contribution in [0.4, 0.5) is 11.5 Å². The fourth-order valence-electron chi connectivity index (χ4n) is 11.1. The molecule has 3 saturated heterocycles. The molecule has 3 aliphatic heterocycles. The van der Waals surface area contributed by atoms with Gasteiger partial charge in [-0.25, -0.2) is 4.98 Å². The number of nitrogens with two attached hydrogens (primary N) is 1. The zero-order valence-corrected chi connectivity index (χ0v) is 47.7. The van der Waals surface area contributed by atoms with E-state index in [4.69, 9.17) is 10.5 Å². The number of nitrogen functional groups attached to an aromatic ring is 1. The van der Waals surface area contributed by atoms with Gasteiger partial charge < -0.3 is 46.0 Å². The number of ether oxygens (including phenoxy) is 1. The van der Waals surface area contributed by atoms with Crippen LogP contribution in [0.15, 0.2) is 84.4 Å². The first kappa shape index (κ1) is 58.5. The van der Waals surface area contributed by atoms with Gasteiger partial charge in [0, 0.05) is 82.4 Å². The van der Waals surface area contributed by atoms with Crippen molar-refractivity contribution in [3.05, 3.63) is 101 Å². The van der Waals surface area contributed by atoms with Gasteiger partial charge in [-0.15, -0.1) is 21.5 Å². The number of para-hydroxylation sites is 1. The van der Waals surface area contributed by atoms with E-state index in [2.05, 4.69) is 59.9 Å². The van der Waals surface area contributed by atoms with Crippen LogP contribution in [-0.2, 0) is 25.7 Å². The minimum Gasteiger partial charge on any atom is -0.507 e. The van der Waals surface area contributed by atoms with Crippen molar-refractivity contribution >= 4 is 46.5 Å². The molecule has 79 heavy (non-hydrogen) atoms. The molecule has 5 heterocycles. The summed E-state index contributed by atoms with van der Waals surface area (Å²) < 4.78 is 6.10. The molecule has 8 rings (SSSR count). The smallest absolute Gasteiger partial charge is 0.246 e. The van der Waals surface area contributed by atoms with E-state index >= 15 is 0 Å². The summed E-state index contributed by atoms with van der Waals surface area (Å²) >= 11 is 1.58. The van der Waals surface area contributed by atoms with Crippen LogP contribution < -0.4 is 26.0 Å². The molecule has 5 aromatic rings. The number of nitrogens with zero attached hydrogens (tertiary/aromatic N) is 7. The molecule has 0 bridgehead atoms. The topological polar surface area (TPSA) is 220 Å². The predicted octanol–water partition coefficient (Wildman–Crippen LogP) is 8.68. The number of thiazole rings is 1. The third-order valence-electron chi connectivity index (χ3n) is 15.8. The highest BCUT2D eigenvalue weighted by atomic mass is 32.1. The second-order valence-corrected chi connectivity index (χ2v) is 23.8. The van der Waals surface area contributed by atoms with Crippen LogP contribution in [0.1, 0.15) is 128 Å². The highest BCUT2D eigenvalue weighted by molar-refractivity contribution is 7.13. The minimum atomic E-state index is -0.869. The SMILES string of the molecule is Cc1ncsc1-c1ccc([C@H](C)NC(=O)[C@@H]2C[C@@H](O)CN2C(=O)[C@@H](NC(=O)CCCCCCCCC(=O)N2CCN(c3ccc(CN4CCCC(CCOc5cc(-c6ccccc6O)nnc5N)C4)cc3)CC2)C(C)(C)C)cc1. The number of hydrogen-bond acceptors (Lipinski definition) is 14.